The number of nitrogens with two attached hydrogens (primary N) is 2. The number of carboxylic acid groups (broad SMARTS) is 3. The molecule has 15 heteroatoms. The summed E-state index contributed by atoms with van der Waals surface area (Å²) in [5, 5.41) is 34.1. The molecule has 15 nitrogen and oxygen atoms in total. The molecule has 1 rings (SSSR count). The average Bonchev–Trinajstić information content (AvgIpc) is 2.83. The van der Waals surface area contributed by atoms with Crippen LogP contribution in [-0.4, -0.2) is 81.0 Å². The summed E-state index contributed by atoms with van der Waals surface area (Å²) in [6.07, 6.45) is -2.57. The van der Waals surface area contributed by atoms with E-state index in [-0.39, 0.29) is 19.3 Å². The van der Waals surface area contributed by atoms with Crippen LogP contribution in [0, 0.1) is 0 Å². The Morgan fingerprint density at radius 1 is 0.711 bits per heavy atom. The molecule has 1 aromatic carbocycles. The normalized spacial score (nSPS) is 13.7. The largest absolute Gasteiger partial charge is 0.481 e. The maximum Gasteiger partial charge on any atom is 0.326 e. The molecule has 208 valence electrons. The SMILES string of the molecule is NC(=O)CCC(NC(=O)C(N)CC(=O)O)C(=O)NC(CCC(=O)O)C(=O)NC(Cc1ccccc1)C(=O)O. The predicted octanol–water partition coefficient (Wildman–Crippen LogP) is -2.30. The monoisotopic (exact) mass is 537 g/mol. The first-order valence-electron chi connectivity index (χ1n) is 11.5. The van der Waals surface area contributed by atoms with Crippen LogP contribution >= 0.6 is 0 Å². The summed E-state index contributed by atoms with van der Waals surface area (Å²) in [4.78, 5) is 82.9. The Bertz CT molecular complexity index is 1030. The fourth-order valence-electron chi connectivity index (χ4n) is 3.25. The van der Waals surface area contributed by atoms with Crippen molar-refractivity contribution in [1.82, 2.24) is 16.0 Å². The van der Waals surface area contributed by atoms with Crippen LogP contribution in [-0.2, 0) is 40.0 Å². The lowest BCUT2D eigenvalue weighted by atomic mass is 10.0. The molecule has 4 atom stereocenters. The molecular weight excluding hydrogens is 506 g/mol. The van der Waals surface area contributed by atoms with Crippen LogP contribution in [0.5, 0.6) is 0 Å². The van der Waals surface area contributed by atoms with E-state index in [4.69, 9.17) is 21.7 Å². The number of aliphatic carboxylic acids is 3. The van der Waals surface area contributed by atoms with Crippen molar-refractivity contribution in [3.63, 3.8) is 0 Å². The fraction of sp³-hybridized carbons (Fsp3) is 0.435. The van der Waals surface area contributed by atoms with Gasteiger partial charge in [0, 0.05) is 19.3 Å². The molecule has 0 aromatic heterocycles. The Labute approximate surface area is 216 Å². The van der Waals surface area contributed by atoms with E-state index in [1.807, 2.05) is 0 Å². The van der Waals surface area contributed by atoms with Crippen LogP contribution in [0.1, 0.15) is 37.7 Å². The second kappa shape index (κ2) is 15.6. The average molecular weight is 538 g/mol. The molecule has 10 N–H and O–H groups in total. The third kappa shape index (κ3) is 11.9. The predicted molar refractivity (Wildman–Crippen MR) is 129 cm³/mol. The zero-order valence-electron chi connectivity index (χ0n) is 20.3. The molecule has 0 fully saturated rings. The number of hydrogen-bond donors (Lipinski definition) is 8. The number of benzene rings is 1. The van der Waals surface area contributed by atoms with Gasteiger partial charge in [-0.1, -0.05) is 30.3 Å². The van der Waals surface area contributed by atoms with Crippen molar-refractivity contribution in [2.45, 2.75) is 62.7 Å². The van der Waals surface area contributed by atoms with Crippen LogP contribution in [0.4, 0.5) is 0 Å². The van der Waals surface area contributed by atoms with E-state index in [0.717, 1.165) is 0 Å². The van der Waals surface area contributed by atoms with Gasteiger partial charge in [0.1, 0.15) is 18.1 Å². The van der Waals surface area contributed by atoms with Crippen molar-refractivity contribution in [3.05, 3.63) is 35.9 Å². The van der Waals surface area contributed by atoms with Gasteiger partial charge < -0.3 is 42.7 Å². The van der Waals surface area contributed by atoms with Gasteiger partial charge in [-0.2, -0.15) is 0 Å². The number of carbonyl (C=O) groups is 7. The zero-order valence-corrected chi connectivity index (χ0v) is 20.3. The molecule has 0 saturated carbocycles. The highest BCUT2D eigenvalue weighted by Gasteiger charge is 2.31. The summed E-state index contributed by atoms with van der Waals surface area (Å²) in [5.74, 6) is -7.92. The van der Waals surface area contributed by atoms with E-state index in [0.29, 0.717) is 5.56 Å². The van der Waals surface area contributed by atoms with E-state index in [1.54, 1.807) is 30.3 Å². The minimum Gasteiger partial charge on any atom is -0.481 e. The topological polar surface area (TPSA) is 268 Å². The lowest BCUT2D eigenvalue weighted by molar-refractivity contribution is -0.143. The first kappa shape index (κ1) is 31.5. The second-order valence-electron chi connectivity index (χ2n) is 8.35. The lowest BCUT2D eigenvalue weighted by Crippen LogP contribution is -2.57. The van der Waals surface area contributed by atoms with E-state index in [2.05, 4.69) is 16.0 Å². The number of primary amides is 1. The minimum atomic E-state index is -1.53. The molecule has 0 aliphatic rings. The van der Waals surface area contributed by atoms with Crippen LogP contribution in [0.25, 0.3) is 0 Å². The summed E-state index contributed by atoms with van der Waals surface area (Å²) >= 11 is 0. The maximum absolute atomic E-state index is 12.9. The Kier molecular flexibility index (Phi) is 12.9. The molecule has 0 aliphatic heterocycles. The van der Waals surface area contributed by atoms with Gasteiger partial charge in [-0.15, -0.1) is 0 Å². The Morgan fingerprint density at radius 3 is 1.68 bits per heavy atom. The zero-order chi connectivity index (χ0) is 28.8. The maximum atomic E-state index is 12.9. The number of rotatable bonds is 17. The molecule has 38 heavy (non-hydrogen) atoms. The second-order valence-corrected chi connectivity index (χ2v) is 8.35. The first-order chi connectivity index (χ1) is 17.8. The number of carboxylic acids is 3. The Hall–Kier alpha value is -4.53. The molecule has 0 spiro atoms. The number of nitrogens with one attached hydrogen (secondary N) is 3. The van der Waals surface area contributed by atoms with Gasteiger partial charge in [-0.3, -0.25) is 28.8 Å². The number of hydrogen-bond acceptors (Lipinski definition) is 8. The molecule has 0 radical (unpaired) electrons. The summed E-state index contributed by atoms with van der Waals surface area (Å²) in [6.45, 7) is 0. The Balaban J connectivity index is 3.07. The number of amides is 4. The standard InChI is InChI=1S/C23H31N5O10/c24-13(11-19(32)33)20(34)26-14(6-8-17(25)29)21(35)27-15(7-9-18(30)31)22(36)28-16(23(37)38)10-12-4-2-1-3-5-12/h1-5,13-16H,6-11,24H2,(H2,25,29)(H,26,34)(H,27,35)(H,28,36)(H,30,31)(H,32,33)(H,37,38). The lowest BCUT2D eigenvalue weighted by Gasteiger charge is -2.25. The third-order valence-corrected chi connectivity index (χ3v) is 5.22. The highest BCUT2D eigenvalue weighted by Crippen LogP contribution is 2.07. The van der Waals surface area contributed by atoms with Crippen LogP contribution in [0.3, 0.4) is 0 Å². The van der Waals surface area contributed by atoms with Gasteiger partial charge in [-0.25, -0.2) is 4.79 Å². The molecule has 0 heterocycles. The van der Waals surface area contributed by atoms with Gasteiger partial charge in [-0.05, 0) is 18.4 Å². The molecule has 0 aliphatic carbocycles. The van der Waals surface area contributed by atoms with Crippen molar-refractivity contribution >= 4 is 41.5 Å². The molecule has 1 aromatic rings. The summed E-state index contributed by atoms with van der Waals surface area (Å²) in [7, 11) is 0. The van der Waals surface area contributed by atoms with Gasteiger partial charge in [0.2, 0.25) is 23.6 Å². The van der Waals surface area contributed by atoms with Crippen LogP contribution < -0.4 is 27.4 Å². The van der Waals surface area contributed by atoms with Crippen molar-refractivity contribution in [3.8, 4) is 0 Å². The van der Waals surface area contributed by atoms with Gasteiger partial charge in [0.15, 0.2) is 0 Å². The summed E-state index contributed by atoms with van der Waals surface area (Å²) < 4.78 is 0. The highest BCUT2D eigenvalue weighted by molar-refractivity contribution is 5.95. The molecule has 0 bridgehead atoms. The molecule has 4 unspecified atom stereocenters. The van der Waals surface area contributed by atoms with E-state index >= 15 is 0 Å². The van der Waals surface area contributed by atoms with Crippen molar-refractivity contribution in [2.75, 3.05) is 0 Å². The number of carbonyl (C=O) groups excluding carboxylic acids is 4. The highest BCUT2D eigenvalue weighted by atomic mass is 16.4. The van der Waals surface area contributed by atoms with Crippen LogP contribution in [0.2, 0.25) is 0 Å². The van der Waals surface area contributed by atoms with Gasteiger partial charge in [0.25, 0.3) is 0 Å². The Morgan fingerprint density at radius 2 is 1.21 bits per heavy atom. The van der Waals surface area contributed by atoms with Gasteiger partial charge >= 0.3 is 17.9 Å². The van der Waals surface area contributed by atoms with E-state index in [9.17, 15) is 38.7 Å². The smallest absolute Gasteiger partial charge is 0.326 e. The summed E-state index contributed by atoms with van der Waals surface area (Å²) in [5.41, 5.74) is 11.2. The molecule has 4 amide bonds. The van der Waals surface area contributed by atoms with Crippen molar-refractivity contribution in [1.29, 1.82) is 0 Å². The van der Waals surface area contributed by atoms with Crippen molar-refractivity contribution in [2.24, 2.45) is 11.5 Å². The molecule has 0 saturated heterocycles. The summed E-state index contributed by atoms with van der Waals surface area (Å²) in [6, 6.07) is 2.40. The van der Waals surface area contributed by atoms with E-state index in [1.165, 1.54) is 0 Å². The van der Waals surface area contributed by atoms with E-state index < -0.39 is 85.0 Å². The molecular formula is C23H31N5O10. The minimum absolute atomic E-state index is 0.0970. The first-order valence-corrected chi connectivity index (χ1v) is 11.5. The fourth-order valence-corrected chi connectivity index (χ4v) is 3.25. The van der Waals surface area contributed by atoms with Crippen molar-refractivity contribution < 1.29 is 48.9 Å². The van der Waals surface area contributed by atoms with Crippen LogP contribution in [0.15, 0.2) is 30.3 Å². The third-order valence-electron chi connectivity index (χ3n) is 5.22. The quantitative estimate of drug-likeness (QED) is 0.105. The van der Waals surface area contributed by atoms with Gasteiger partial charge in [0.05, 0.1) is 12.5 Å².